The molecule has 1 N–H and O–H groups in total. The minimum absolute atomic E-state index is 0. The maximum absolute atomic E-state index is 3.43. The Labute approximate surface area is 139 Å². The van der Waals surface area contributed by atoms with Gasteiger partial charge in [0, 0.05) is 32.2 Å². The predicted octanol–water partition coefficient (Wildman–Crippen LogP) is 3.96. The Kier molecular flexibility index (Phi) is 6.95. The molecule has 2 aromatic rings. The summed E-state index contributed by atoms with van der Waals surface area (Å²) in [5.41, 5.74) is 2.83. The predicted molar refractivity (Wildman–Crippen MR) is 96.0 cm³/mol. The first-order valence-electron chi connectivity index (χ1n) is 7.20. The van der Waals surface area contributed by atoms with Gasteiger partial charge in [-0.25, -0.2) is 0 Å². The molecule has 2 aromatic carbocycles. The summed E-state index contributed by atoms with van der Waals surface area (Å²) in [6.07, 6.45) is 0. The van der Waals surface area contributed by atoms with Crippen LogP contribution in [0.5, 0.6) is 0 Å². The summed E-state index contributed by atoms with van der Waals surface area (Å²) in [7, 11) is 0. The average Bonchev–Trinajstić information content (AvgIpc) is 2.48. The molecule has 2 nitrogen and oxygen atoms in total. The third kappa shape index (κ3) is 3.70. The van der Waals surface area contributed by atoms with Gasteiger partial charge in [0.1, 0.15) is 0 Å². The number of fused-ring (bicyclic) bond motifs is 1. The molecule has 0 amide bonds. The molecular formula is C17H24Cl2N2. The van der Waals surface area contributed by atoms with Gasteiger partial charge in [-0.3, -0.25) is 4.90 Å². The van der Waals surface area contributed by atoms with Crippen LogP contribution in [-0.2, 0) is 0 Å². The van der Waals surface area contributed by atoms with Crippen molar-refractivity contribution in [1.82, 2.24) is 10.2 Å². The summed E-state index contributed by atoms with van der Waals surface area (Å²) in [4.78, 5) is 2.58. The lowest BCUT2D eigenvalue weighted by molar-refractivity contribution is 0.186. The van der Waals surface area contributed by atoms with Crippen LogP contribution in [0.2, 0.25) is 0 Å². The summed E-state index contributed by atoms with van der Waals surface area (Å²) in [5, 5.41) is 6.23. The zero-order valence-corrected chi connectivity index (χ0v) is 14.3. The van der Waals surface area contributed by atoms with Gasteiger partial charge in [0.05, 0.1) is 0 Å². The molecular weight excluding hydrogens is 303 g/mol. The fraction of sp³-hybridized carbons (Fsp3) is 0.412. The fourth-order valence-corrected chi connectivity index (χ4v) is 3.10. The van der Waals surface area contributed by atoms with Crippen molar-refractivity contribution in [3.63, 3.8) is 0 Å². The van der Waals surface area contributed by atoms with Crippen molar-refractivity contribution in [2.24, 2.45) is 0 Å². The highest BCUT2D eigenvalue weighted by Gasteiger charge is 2.19. The van der Waals surface area contributed by atoms with E-state index in [0.717, 1.165) is 26.2 Å². The van der Waals surface area contributed by atoms with E-state index in [0.29, 0.717) is 6.04 Å². The van der Waals surface area contributed by atoms with E-state index in [-0.39, 0.29) is 24.8 Å². The molecule has 3 rings (SSSR count). The third-order valence-electron chi connectivity index (χ3n) is 4.33. The van der Waals surface area contributed by atoms with Gasteiger partial charge in [0.2, 0.25) is 0 Å². The second kappa shape index (κ2) is 8.00. The molecule has 0 spiro atoms. The summed E-state index contributed by atoms with van der Waals surface area (Å²) < 4.78 is 0. The summed E-state index contributed by atoms with van der Waals surface area (Å²) in [6.45, 7) is 9.03. The van der Waals surface area contributed by atoms with Crippen LogP contribution in [0.15, 0.2) is 36.4 Å². The van der Waals surface area contributed by atoms with Gasteiger partial charge in [0.25, 0.3) is 0 Å². The zero-order chi connectivity index (χ0) is 13.2. The summed E-state index contributed by atoms with van der Waals surface area (Å²) >= 11 is 0. The molecule has 1 atom stereocenters. The molecule has 0 aliphatic carbocycles. The van der Waals surface area contributed by atoms with Crippen LogP contribution in [0.4, 0.5) is 0 Å². The number of halogens is 2. The van der Waals surface area contributed by atoms with Gasteiger partial charge in [0.15, 0.2) is 0 Å². The smallest absolute Gasteiger partial charge is 0.0327 e. The minimum atomic E-state index is 0. The van der Waals surface area contributed by atoms with Crippen molar-refractivity contribution in [3.05, 3.63) is 47.5 Å². The van der Waals surface area contributed by atoms with Crippen molar-refractivity contribution in [2.45, 2.75) is 19.9 Å². The van der Waals surface area contributed by atoms with E-state index in [2.05, 4.69) is 60.5 Å². The van der Waals surface area contributed by atoms with E-state index < -0.39 is 0 Å². The highest BCUT2D eigenvalue weighted by atomic mass is 35.5. The lowest BCUT2D eigenvalue weighted by Gasteiger charge is -2.33. The Morgan fingerprint density at radius 2 is 1.57 bits per heavy atom. The minimum Gasteiger partial charge on any atom is -0.314 e. The first-order chi connectivity index (χ1) is 9.27. The van der Waals surface area contributed by atoms with E-state index in [9.17, 15) is 0 Å². The van der Waals surface area contributed by atoms with Crippen LogP contribution >= 0.6 is 24.8 Å². The van der Waals surface area contributed by atoms with Gasteiger partial charge in [-0.2, -0.15) is 0 Å². The number of hydrogen-bond acceptors (Lipinski definition) is 2. The average molecular weight is 327 g/mol. The van der Waals surface area contributed by atoms with Crippen molar-refractivity contribution in [2.75, 3.05) is 26.2 Å². The van der Waals surface area contributed by atoms with Crippen molar-refractivity contribution in [1.29, 1.82) is 0 Å². The second-order valence-electron chi connectivity index (χ2n) is 5.48. The van der Waals surface area contributed by atoms with E-state index in [1.807, 2.05) is 0 Å². The quantitative estimate of drug-likeness (QED) is 0.898. The molecule has 1 heterocycles. The maximum atomic E-state index is 3.43. The zero-order valence-electron chi connectivity index (χ0n) is 12.6. The molecule has 21 heavy (non-hydrogen) atoms. The Hall–Kier alpha value is -0.800. The second-order valence-corrected chi connectivity index (χ2v) is 5.48. The van der Waals surface area contributed by atoms with Gasteiger partial charge in [-0.05, 0) is 35.7 Å². The molecule has 0 unspecified atom stereocenters. The molecule has 116 valence electrons. The Bertz CT molecular complexity index is 580. The van der Waals surface area contributed by atoms with Crippen molar-refractivity contribution < 1.29 is 0 Å². The largest absolute Gasteiger partial charge is 0.314 e. The van der Waals surface area contributed by atoms with Crippen LogP contribution < -0.4 is 5.32 Å². The van der Waals surface area contributed by atoms with E-state index in [1.165, 1.54) is 21.9 Å². The van der Waals surface area contributed by atoms with Crippen molar-refractivity contribution in [3.8, 4) is 0 Å². The Balaban J connectivity index is 0.00000110. The van der Waals surface area contributed by atoms with Crippen LogP contribution in [0, 0.1) is 6.92 Å². The molecule has 1 saturated heterocycles. The fourth-order valence-electron chi connectivity index (χ4n) is 3.10. The maximum Gasteiger partial charge on any atom is 0.0327 e. The number of nitrogens with one attached hydrogen (secondary N) is 1. The Morgan fingerprint density at radius 1 is 0.952 bits per heavy atom. The monoisotopic (exact) mass is 326 g/mol. The number of benzene rings is 2. The van der Waals surface area contributed by atoms with Crippen molar-refractivity contribution >= 4 is 35.6 Å². The van der Waals surface area contributed by atoms with Gasteiger partial charge in [-0.1, -0.05) is 36.4 Å². The molecule has 0 bridgehead atoms. The molecule has 4 heteroatoms. The molecule has 0 radical (unpaired) electrons. The number of rotatable bonds is 2. The first kappa shape index (κ1) is 18.2. The van der Waals surface area contributed by atoms with E-state index >= 15 is 0 Å². The normalized spacial score (nSPS) is 16.9. The number of aryl methyl sites for hydroxylation is 1. The van der Waals surface area contributed by atoms with Gasteiger partial charge < -0.3 is 5.32 Å². The first-order valence-corrected chi connectivity index (χ1v) is 7.20. The lowest BCUT2D eigenvalue weighted by Crippen LogP contribution is -2.44. The standard InChI is InChI=1S/C17H22N2.2ClH/c1-13-7-8-16(17-6-4-3-5-15(13)17)14(2)19-11-9-18-10-12-19;;/h3-8,14,18H,9-12H2,1-2H3;2*1H/t14-;;/m1../s1. The lowest BCUT2D eigenvalue weighted by atomic mass is 9.95. The SMILES string of the molecule is Cc1ccc([C@@H](C)N2CCNCC2)c2ccccc12.Cl.Cl. The topological polar surface area (TPSA) is 15.3 Å². The van der Waals surface area contributed by atoms with Crippen LogP contribution in [0.3, 0.4) is 0 Å². The van der Waals surface area contributed by atoms with E-state index in [1.54, 1.807) is 0 Å². The Morgan fingerprint density at radius 3 is 2.24 bits per heavy atom. The molecule has 1 fully saturated rings. The highest BCUT2D eigenvalue weighted by Crippen LogP contribution is 2.30. The molecule has 0 aromatic heterocycles. The van der Waals surface area contributed by atoms with Crippen LogP contribution in [0.1, 0.15) is 24.1 Å². The third-order valence-corrected chi connectivity index (χ3v) is 4.33. The van der Waals surface area contributed by atoms with E-state index in [4.69, 9.17) is 0 Å². The highest BCUT2D eigenvalue weighted by molar-refractivity contribution is 5.88. The summed E-state index contributed by atoms with van der Waals surface area (Å²) in [6, 6.07) is 13.8. The molecule has 1 aliphatic heterocycles. The number of nitrogens with zero attached hydrogens (tertiary/aromatic N) is 1. The van der Waals surface area contributed by atoms with Crippen LogP contribution in [-0.4, -0.2) is 31.1 Å². The van der Waals surface area contributed by atoms with Gasteiger partial charge in [-0.15, -0.1) is 24.8 Å². The van der Waals surface area contributed by atoms with Crippen LogP contribution in [0.25, 0.3) is 10.8 Å². The van der Waals surface area contributed by atoms with Gasteiger partial charge >= 0.3 is 0 Å². The molecule has 1 aliphatic rings. The molecule has 0 saturated carbocycles. The number of hydrogen-bond donors (Lipinski definition) is 1. The number of piperazine rings is 1. The summed E-state index contributed by atoms with van der Waals surface area (Å²) in [5.74, 6) is 0.